The molecule has 0 unspecified atom stereocenters. The third-order valence-electron chi connectivity index (χ3n) is 8.55. The second kappa shape index (κ2) is 13.0. The molecule has 4 aromatic carbocycles. The van der Waals surface area contributed by atoms with Crippen LogP contribution in [-0.4, -0.2) is 5.43 Å². The van der Waals surface area contributed by atoms with E-state index in [-0.39, 0.29) is 35.6 Å². The molecule has 6 rings (SSSR count). The van der Waals surface area contributed by atoms with Gasteiger partial charge in [0.25, 0.3) is 0 Å². The van der Waals surface area contributed by atoms with Crippen LogP contribution in [0.2, 0.25) is 0 Å². The zero-order chi connectivity index (χ0) is 28.1. The zero-order valence-electron chi connectivity index (χ0n) is 25.6. The molecule has 4 heteroatoms. The van der Waals surface area contributed by atoms with Crippen molar-refractivity contribution in [3.05, 3.63) is 141 Å². The van der Waals surface area contributed by atoms with Crippen LogP contribution in [0.25, 0.3) is 11.1 Å². The van der Waals surface area contributed by atoms with Crippen LogP contribution in [0.1, 0.15) is 73.8 Å². The summed E-state index contributed by atoms with van der Waals surface area (Å²) in [7, 11) is 0. The summed E-state index contributed by atoms with van der Waals surface area (Å²) in [4.78, 5) is 0. The van der Waals surface area contributed by atoms with Gasteiger partial charge in [0.2, 0.25) is 0 Å². The van der Waals surface area contributed by atoms with Gasteiger partial charge in [0.15, 0.2) is 0 Å². The molecule has 0 atom stereocenters. The summed E-state index contributed by atoms with van der Waals surface area (Å²) in [5.74, 6) is 0. The van der Waals surface area contributed by atoms with E-state index in [0.29, 0.717) is 3.63 Å². The van der Waals surface area contributed by atoms with Gasteiger partial charge in [-0.25, -0.2) is 0 Å². The van der Waals surface area contributed by atoms with Gasteiger partial charge in [-0.2, -0.15) is 0 Å². The topological polar surface area (TPSA) is 0 Å². The summed E-state index contributed by atoms with van der Waals surface area (Å²) in [5, 5.41) is 3.16. The predicted molar refractivity (Wildman–Crippen MR) is 185 cm³/mol. The molecular formula is C38H42Cl2SiZr. The van der Waals surface area contributed by atoms with E-state index < -0.39 is 25.8 Å². The Labute approximate surface area is 273 Å². The summed E-state index contributed by atoms with van der Waals surface area (Å²) in [6, 6.07) is 38.0. The van der Waals surface area contributed by atoms with Crippen LogP contribution in [-0.2, 0) is 31.2 Å². The van der Waals surface area contributed by atoms with Gasteiger partial charge in [-0.05, 0) is 0 Å². The number of halogens is 2. The molecule has 0 bridgehead atoms. The van der Waals surface area contributed by atoms with Crippen LogP contribution in [0.15, 0.2) is 119 Å². The van der Waals surface area contributed by atoms with Crippen LogP contribution in [0, 0.1) is 0 Å². The molecule has 0 N–H and O–H groups in total. The summed E-state index contributed by atoms with van der Waals surface area (Å²) >= 11 is -2.47. The second-order valence-corrected chi connectivity index (χ2v) is 27.2. The molecule has 2 aliphatic carbocycles. The Morgan fingerprint density at radius 2 is 1.07 bits per heavy atom. The van der Waals surface area contributed by atoms with Crippen molar-refractivity contribution in [1.29, 1.82) is 0 Å². The Morgan fingerprint density at radius 1 is 0.619 bits per heavy atom. The smallest absolute Gasteiger partial charge is 0.147 e. The van der Waals surface area contributed by atoms with Gasteiger partial charge in [0.1, 0.15) is 0 Å². The number of hydrogen-bond donors (Lipinski definition) is 0. The average molecular weight is 689 g/mol. The van der Waals surface area contributed by atoms with Crippen molar-refractivity contribution >= 4 is 40.6 Å². The Balaban J connectivity index is 0.00000202. The van der Waals surface area contributed by atoms with Gasteiger partial charge in [0, 0.05) is 0 Å². The fourth-order valence-electron chi connectivity index (χ4n) is 6.33. The van der Waals surface area contributed by atoms with Crippen molar-refractivity contribution < 1.29 is 20.4 Å². The maximum atomic E-state index is 2.61. The van der Waals surface area contributed by atoms with Gasteiger partial charge in [-0.1, -0.05) is 0 Å². The molecular weight excluding hydrogens is 647 g/mol. The maximum absolute atomic E-state index is 2.61. The van der Waals surface area contributed by atoms with Crippen molar-refractivity contribution in [1.82, 2.24) is 0 Å². The Bertz CT molecular complexity index is 1570. The number of fused-ring (bicyclic) bond motifs is 3. The van der Waals surface area contributed by atoms with Crippen LogP contribution >= 0.6 is 24.8 Å². The molecule has 0 radical (unpaired) electrons. The molecule has 0 heterocycles. The first-order valence-electron chi connectivity index (χ1n) is 14.6. The van der Waals surface area contributed by atoms with Crippen molar-refractivity contribution in [2.75, 3.05) is 0 Å². The Morgan fingerprint density at radius 3 is 1.45 bits per heavy atom. The van der Waals surface area contributed by atoms with E-state index in [4.69, 9.17) is 0 Å². The summed E-state index contributed by atoms with van der Waals surface area (Å²) in [6.45, 7) is 14.1. The van der Waals surface area contributed by atoms with Gasteiger partial charge < -0.3 is 0 Å². The van der Waals surface area contributed by atoms with E-state index in [1.807, 2.05) is 0 Å². The summed E-state index contributed by atoms with van der Waals surface area (Å²) < 4.78 is 2.28. The van der Waals surface area contributed by atoms with Crippen molar-refractivity contribution in [3.8, 4) is 11.1 Å². The first kappa shape index (κ1) is 32.9. The third-order valence-corrected chi connectivity index (χ3v) is 28.3. The molecule has 0 amide bonds. The standard InChI is InChI=1S/C21H25.C12H10Si.C5H5.2ClH.Zr/c1-20(2,3)16-7-9-18-14(12-16)11-15-13-17(21(4,5)6)8-10-19(15)18;1-3-7-11(8-4-1)13-12-9-5-2-6-10-12;1-2-4-5-3-1;;;/h7-13H,1-6H3;1-10H;1-3H,4H2;2*1H;. The van der Waals surface area contributed by atoms with E-state index >= 15 is 0 Å². The fraction of sp³-hybridized carbons (Fsp3) is 0.263. The average Bonchev–Trinajstić information content (AvgIpc) is 3.58. The maximum Gasteiger partial charge on any atom is -0.147 e. The number of allylic oxidation sites excluding steroid dienone is 4. The molecule has 0 nitrogen and oxygen atoms in total. The van der Waals surface area contributed by atoms with E-state index in [2.05, 4.69) is 157 Å². The molecule has 216 valence electrons. The number of benzene rings is 4. The van der Waals surface area contributed by atoms with E-state index in [0.717, 1.165) is 6.42 Å². The van der Waals surface area contributed by atoms with E-state index in [9.17, 15) is 0 Å². The van der Waals surface area contributed by atoms with Crippen LogP contribution in [0.3, 0.4) is 0 Å². The fourth-order valence-corrected chi connectivity index (χ4v) is 28.5. The van der Waals surface area contributed by atoms with Crippen LogP contribution in [0.4, 0.5) is 0 Å². The third kappa shape index (κ3) is 6.30. The Hall–Kier alpha value is -1.96. The Kier molecular flexibility index (Phi) is 10.2. The largest absolute Gasteiger partial charge is 0.147 e. The second-order valence-electron chi connectivity index (χ2n) is 13.4. The molecule has 0 saturated heterocycles. The van der Waals surface area contributed by atoms with Crippen molar-refractivity contribution in [3.63, 3.8) is 0 Å². The monoisotopic (exact) mass is 686 g/mol. The van der Waals surface area contributed by atoms with Gasteiger partial charge in [0.05, 0.1) is 0 Å². The summed E-state index contributed by atoms with van der Waals surface area (Å²) in [5.41, 5.74) is 8.30. The quantitative estimate of drug-likeness (QED) is 0.188. The van der Waals surface area contributed by atoms with Crippen molar-refractivity contribution in [2.45, 2.75) is 62.4 Å². The molecule has 0 aromatic heterocycles. The normalized spacial score (nSPS) is 13.9. The zero-order valence-corrected chi connectivity index (χ0v) is 30.7. The molecule has 2 aliphatic rings. The number of hydrogen-bond acceptors (Lipinski definition) is 0. The molecule has 42 heavy (non-hydrogen) atoms. The van der Waals surface area contributed by atoms with Gasteiger partial charge >= 0.3 is 251 Å². The summed E-state index contributed by atoms with van der Waals surface area (Å²) in [6.07, 6.45) is 8.38. The minimum Gasteiger partial charge on any atom is -0.147 e. The van der Waals surface area contributed by atoms with Crippen LogP contribution < -0.4 is 10.4 Å². The van der Waals surface area contributed by atoms with Crippen molar-refractivity contribution in [2.24, 2.45) is 0 Å². The molecule has 0 aliphatic heterocycles. The number of rotatable bonds is 4. The first-order chi connectivity index (χ1) is 19.1. The van der Waals surface area contributed by atoms with Gasteiger partial charge in [-0.3, -0.25) is 0 Å². The van der Waals surface area contributed by atoms with Crippen LogP contribution in [0.5, 0.6) is 0 Å². The minimum absolute atomic E-state index is 0. The minimum atomic E-state index is -2.47. The SMILES string of the molecule is CC(C)(C)c1ccc2c(c1)[CH]([Zr]([C]1=CC=CC1)=[Si](c1ccccc1)c1ccccc1)c1cc(C(C)(C)C)ccc1-2.Cl.Cl. The van der Waals surface area contributed by atoms with E-state index in [1.165, 1.54) is 22.3 Å². The molecule has 0 saturated carbocycles. The molecule has 0 spiro atoms. The van der Waals surface area contributed by atoms with E-state index in [1.54, 1.807) is 24.8 Å². The van der Waals surface area contributed by atoms with Gasteiger partial charge in [-0.15, -0.1) is 24.8 Å². The first-order valence-corrected chi connectivity index (χ1v) is 22.5. The molecule has 0 fully saturated rings. The predicted octanol–water partition coefficient (Wildman–Crippen LogP) is 9.46. The molecule has 4 aromatic rings.